The molecule has 1 saturated carbocycles. The molecule has 2 aliphatic rings. The molecule has 0 radical (unpaired) electrons. The smallest absolute Gasteiger partial charge is 0.259 e. The van der Waals surface area contributed by atoms with Crippen molar-refractivity contribution in [3.05, 3.63) is 35.8 Å². The highest BCUT2D eigenvalue weighted by atomic mass is 16.5. The van der Waals surface area contributed by atoms with Crippen molar-refractivity contribution >= 4 is 5.91 Å². The number of likely N-dealkylation sites (tertiary alicyclic amines) is 1. The number of amides is 1. The Bertz CT molecular complexity index is 703. The summed E-state index contributed by atoms with van der Waals surface area (Å²) in [4.78, 5) is 18.3. The van der Waals surface area contributed by atoms with Gasteiger partial charge in [-0.1, -0.05) is 5.21 Å². The summed E-state index contributed by atoms with van der Waals surface area (Å²) in [5, 5.41) is 8.41. The number of aromatic nitrogens is 4. The molecule has 3 heterocycles. The van der Waals surface area contributed by atoms with E-state index in [2.05, 4.69) is 15.3 Å². The minimum absolute atomic E-state index is 0.0521. The van der Waals surface area contributed by atoms with E-state index < -0.39 is 0 Å². The number of hydrogen-bond donors (Lipinski definition) is 0. The summed E-state index contributed by atoms with van der Waals surface area (Å²) in [5.41, 5.74) is 1.58. The highest BCUT2D eigenvalue weighted by Gasteiger charge is 2.35. The average Bonchev–Trinajstić information content (AvgIpc) is 3.25. The lowest BCUT2D eigenvalue weighted by Gasteiger charge is -2.38. The molecule has 2 aromatic rings. The van der Waals surface area contributed by atoms with Crippen LogP contribution in [0.25, 0.3) is 0 Å². The first-order valence-corrected chi connectivity index (χ1v) is 7.46. The van der Waals surface area contributed by atoms with Crippen molar-refractivity contribution in [2.75, 3.05) is 20.2 Å². The van der Waals surface area contributed by atoms with Gasteiger partial charge in [0, 0.05) is 31.4 Å². The molecule has 114 valence electrons. The van der Waals surface area contributed by atoms with Crippen molar-refractivity contribution in [2.45, 2.75) is 24.8 Å². The summed E-state index contributed by atoms with van der Waals surface area (Å²) in [6, 6.07) is 3.70. The maximum Gasteiger partial charge on any atom is 0.259 e. The SMILES string of the molecule is COc1ncccc1C(=O)N1CC(n2cc(C3CC3)nn2)C1. The molecule has 7 nitrogen and oxygen atoms in total. The summed E-state index contributed by atoms with van der Waals surface area (Å²) in [5.74, 6) is 0.919. The third-order valence-electron chi connectivity index (χ3n) is 4.24. The second-order valence-electron chi connectivity index (χ2n) is 5.82. The monoisotopic (exact) mass is 299 g/mol. The van der Waals surface area contributed by atoms with Gasteiger partial charge in [0.2, 0.25) is 5.88 Å². The standard InChI is InChI=1S/C15H17N5O2/c1-22-14-12(3-2-6-16-14)15(21)19-7-11(8-19)20-9-13(17-18-20)10-4-5-10/h2-3,6,9-11H,4-5,7-8H2,1H3. The highest BCUT2D eigenvalue weighted by Crippen LogP contribution is 2.39. The number of rotatable bonds is 4. The largest absolute Gasteiger partial charge is 0.480 e. The van der Waals surface area contributed by atoms with Crippen LogP contribution in [0.1, 0.15) is 40.9 Å². The molecule has 7 heteroatoms. The summed E-state index contributed by atoms with van der Waals surface area (Å²) in [7, 11) is 1.52. The quantitative estimate of drug-likeness (QED) is 0.849. The molecule has 2 fully saturated rings. The number of methoxy groups -OCH3 is 1. The molecule has 1 aliphatic heterocycles. The fourth-order valence-electron chi connectivity index (χ4n) is 2.71. The van der Waals surface area contributed by atoms with Gasteiger partial charge in [-0.2, -0.15) is 0 Å². The van der Waals surface area contributed by atoms with Gasteiger partial charge in [-0.25, -0.2) is 9.67 Å². The van der Waals surface area contributed by atoms with Crippen LogP contribution in [0.2, 0.25) is 0 Å². The zero-order valence-corrected chi connectivity index (χ0v) is 12.3. The van der Waals surface area contributed by atoms with Gasteiger partial charge < -0.3 is 9.64 Å². The van der Waals surface area contributed by atoms with Crippen molar-refractivity contribution < 1.29 is 9.53 Å². The summed E-state index contributed by atoms with van der Waals surface area (Å²) in [6.07, 6.45) is 6.07. The Labute approximate surface area is 127 Å². The van der Waals surface area contributed by atoms with E-state index in [-0.39, 0.29) is 11.9 Å². The van der Waals surface area contributed by atoms with Gasteiger partial charge in [0.25, 0.3) is 5.91 Å². The lowest BCUT2D eigenvalue weighted by atomic mass is 10.1. The average molecular weight is 299 g/mol. The number of nitrogens with zero attached hydrogens (tertiary/aromatic N) is 5. The van der Waals surface area contributed by atoms with Gasteiger partial charge in [0.15, 0.2) is 0 Å². The van der Waals surface area contributed by atoms with Crippen LogP contribution in [0.15, 0.2) is 24.5 Å². The zero-order chi connectivity index (χ0) is 15.1. The van der Waals surface area contributed by atoms with Gasteiger partial charge in [-0.05, 0) is 25.0 Å². The van der Waals surface area contributed by atoms with E-state index in [1.807, 2.05) is 10.9 Å². The van der Waals surface area contributed by atoms with Crippen molar-refractivity contribution in [1.29, 1.82) is 0 Å². The number of pyridine rings is 1. The molecule has 0 atom stereocenters. The predicted octanol–water partition coefficient (Wildman–Crippen LogP) is 1.26. The van der Waals surface area contributed by atoms with E-state index in [0.717, 1.165) is 5.69 Å². The topological polar surface area (TPSA) is 73.1 Å². The van der Waals surface area contributed by atoms with Crippen LogP contribution in [0, 0.1) is 0 Å². The molecular formula is C15H17N5O2. The Morgan fingerprint density at radius 2 is 2.18 bits per heavy atom. The molecule has 0 unspecified atom stereocenters. The van der Waals surface area contributed by atoms with E-state index in [1.54, 1.807) is 23.2 Å². The second-order valence-corrected chi connectivity index (χ2v) is 5.82. The minimum atomic E-state index is -0.0521. The molecule has 1 amide bonds. The van der Waals surface area contributed by atoms with Gasteiger partial charge in [0.1, 0.15) is 5.56 Å². The van der Waals surface area contributed by atoms with Gasteiger partial charge in [-0.3, -0.25) is 4.79 Å². The molecule has 0 aromatic carbocycles. The van der Waals surface area contributed by atoms with E-state index >= 15 is 0 Å². The fraction of sp³-hybridized carbons (Fsp3) is 0.467. The van der Waals surface area contributed by atoms with Crippen molar-refractivity contribution in [3.63, 3.8) is 0 Å². The third kappa shape index (κ3) is 2.22. The van der Waals surface area contributed by atoms with Crippen LogP contribution in [0.3, 0.4) is 0 Å². The molecule has 1 aliphatic carbocycles. The Hall–Kier alpha value is -2.44. The third-order valence-corrected chi connectivity index (χ3v) is 4.24. The van der Waals surface area contributed by atoms with E-state index in [1.165, 1.54) is 20.0 Å². The van der Waals surface area contributed by atoms with Crippen LogP contribution in [-0.4, -0.2) is 51.0 Å². The molecule has 0 N–H and O–H groups in total. The first kappa shape index (κ1) is 13.2. The van der Waals surface area contributed by atoms with Gasteiger partial charge >= 0.3 is 0 Å². The van der Waals surface area contributed by atoms with E-state index in [9.17, 15) is 4.79 Å². The number of carbonyl (C=O) groups is 1. The molecule has 1 saturated heterocycles. The maximum absolute atomic E-state index is 12.5. The van der Waals surface area contributed by atoms with Crippen LogP contribution < -0.4 is 4.74 Å². The lowest BCUT2D eigenvalue weighted by Crippen LogP contribution is -2.51. The summed E-state index contributed by atoms with van der Waals surface area (Å²) >= 11 is 0. The Balaban J connectivity index is 1.42. The number of carbonyl (C=O) groups excluding carboxylic acids is 1. The number of ether oxygens (including phenoxy) is 1. The molecule has 4 rings (SSSR count). The molecule has 0 spiro atoms. The lowest BCUT2D eigenvalue weighted by molar-refractivity contribution is 0.0494. The minimum Gasteiger partial charge on any atom is -0.480 e. The molecular weight excluding hydrogens is 282 g/mol. The molecule has 2 aromatic heterocycles. The van der Waals surface area contributed by atoms with Crippen LogP contribution >= 0.6 is 0 Å². The van der Waals surface area contributed by atoms with Gasteiger partial charge in [0.05, 0.1) is 18.8 Å². The maximum atomic E-state index is 12.5. The first-order valence-electron chi connectivity index (χ1n) is 7.46. The second kappa shape index (κ2) is 5.08. The number of hydrogen-bond acceptors (Lipinski definition) is 5. The fourth-order valence-corrected chi connectivity index (χ4v) is 2.71. The van der Waals surface area contributed by atoms with Crippen LogP contribution in [0.5, 0.6) is 5.88 Å². The Morgan fingerprint density at radius 1 is 1.36 bits per heavy atom. The van der Waals surface area contributed by atoms with E-state index in [0.29, 0.717) is 30.5 Å². The first-order chi connectivity index (χ1) is 10.8. The van der Waals surface area contributed by atoms with Crippen LogP contribution in [-0.2, 0) is 0 Å². The van der Waals surface area contributed by atoms with Crippen molar-refractivity contribution in [2.24, 2.45) is 0 Å². The Kier molecular flexibility index (Phi) is 3.06. The normalized spacial score (nSPS) is 18.1. The van der Waals surface area contributed by atoms with Crippen molar-refractivity contribution in [3.8, 4) is 5.88 Å². The van der Waals surface area contributed by atoms with E-state index in [4.69, 9.17) is 4.74 Å². The highest BCUT2D eigenvalue weighted by molar-refractivity contribution is 5.96. The summed E-state index contributed by atoms with van der Waals surface area (Å²) in [6.45, 7) is 1.29. The zero-order valence-electron chi connectivity index (χ0n) is 12.3. The molecule has 22 heavy (non-hydrogen) atoms. The summed E-state index contributed by atoms with van der Waals surface area (Å²) < 4.78 is 7.03. The van der Waals surface area contributed by atoms with Crippen LogP contribution in [0.4, 0.5) is 0 Å². The van der Waals surface area contributed by atoms with Crippen molar-refractivity contribution in [1.82, 2.24) is 24.9 Å². The van der Waals surface area contributed by atoms with Gasteiger partial charge in [-0.15, -0.1) is 5.10 Å². The predicted molar refractivity (Wildman–Crippen MR) is 77.7 cm³/mol. The Morgan fingerprint density at radius 3 is 2.91 bits per heavy atom. The molecule has 0 bridgehead atoms.